The third-order valence-corrected chi connectivity index (χ3v) is 3.46. The molecule has 1 fully saturated rings. The van der Waals surface area contributed by atoms with Crippen LogP contribution in [0.25, 0.3) is 0 Å². The van der Waals surface area contributed by atoms with Gasteiger partial charge in [-0.2, -0.15) is 0 Å². The molecule has 100 valence electrons. The first-order chi connectivity index (χ1) is 8.65. The first-order valence-corrected chi connectivity index (χ1v) is 6.43. The lowest BCUT2D eigenvalue weighted by atomic mass is 10.2. The molecule has 0 amide bonds. The molecule has 4 nitrogen and oxygen atoms in total. The van der Waals surface area contributed by atoms with Gasteiger partial charge in [0, 0.05) is 37.8 Å². The Balaban J connectivity index is 2.35. The number of halogens is 1. The van der Waals surface area contributed by atoms with Crippen LogP contribution in [0.1, 0.15) is 6.92 Å². The third-order valence-electron chi connectivity index (χ3n) is 3.16. The smallest absolute Gasteiger partial charge is 0.143 e. The number of hydrogen-bond donors (Lipinski definition) is 1. The monoisotopic (exact) mass is 270 g/mol. The largest absolute Gasteiger partial charge is 0.495 e. The van der Waals surface area contributed by atoms with Crippen LogP contribution in [0, 0.1) is 0 Å². The van der Waals surface area contributed by atoms with E-state index in [1.807, 2.05) is 12.1 Å². The quantitative estimate of drug-likeness (QED) is 0.913. The van der Waals surface area contributed by atoms with Crippen LogP contribution in [0.4, 0.5) is 5.69 Å². The number of nitrogens with one attached hydrogen (secondary N) is 1. The van der Waals surface area contributed by atoms with E-state index in [0.29, 0.717) is 16.8 Å². The summed E-state index contributed by atoms with van der Waals surface area (Å²) in [5.74, 6) is 1.47. The molecule has 0 radical (unpaired) electrons. The van der Waals surface area contributed by atoms with E-state index in [2.05, 4.69) is 17.1 Å². The number of benzene rings is 1. The van der Waals surface area contributed by atoms with Crippen molar-refractivity contribution in [2.45, 2.75) is 13.0 Å². The number of methoxy groups -OCH3 is 2. The minimum Gasteiger partial charge on any atom is -0.495 e. The number of hydrogen-bond acceptors (Lipinski definition) is 4. The standard InChI is InChI=1S/C13H19ClN2O2/c1-9-8-16(5-4-15-9)11-7-12(17-2)10(14)6-13(11)18-3/h6-7,9,15H,4-5,8H2,1-3H3. The Kier molecular flexibility index (Phi) is 4.19. The zero-order valence-corrected chi connectivity index (χ0v) is 11.8. The predicted octanol–water partition coefficient (Wildman–Crippen LogP) is 2.16. The third kappa shape index (κ3) is 2.65. The highest BCUT2D eigenvalue weighted by molar-refractivity contribution is 6.32. The van der Waals surface area contributed by atoms with Crippen LogP contribution >= 0.6 is 11.6 Å². The molecule has 1 N–H and O–H groups in total. The first kappa shape index (κ1) is 13.3. The van der Waals surface area contributed by atoms with Crippen LogP contribution in [-0.2, 0) is 0 Å². The summed E-state index contributed by atoms with van der Waals surface area (Å²) >= 11 is 6.11. The van der Waals surface area contributed by atoms with Gasteiger partial charge < -0.3 is 19.7 Å². The zero-order valence-electron chi connectivity index (χ0n) is 11.0. The van der Waals surface area contributed by atoms with E-state index in [1.54, 1.807) is 14.2 Å². The van der Waals surface area contributed by atoms with Gasteiger partial charge in [-0.15, -0.1) is 0 Å². The Hall–Kier alpha value is -1.13. The average Bonchev–Trinajstić information content (AvgIpc) is 2.38. The average molecular weight is 271 g/mol. The summed E-state index contributed by atoms with van der Waals surface area (Å²) < 4.78 is 10.7. The lowest BCUT2D eigenvalue weighted by Crippen LogP contribution is -2.49. The number of rotatable bonds is 3. The van der Waals surface area contributed by atoms with Crippen molar-refractivity contribution in [3.63, 3.8) is 0 Å². The number of anilines is 1. The molecule has 1 aliphatic rings. The summed E-state index contributed by atoms with van der Waals surface area (Å²) in [6, 6.07) is 4.21. The van der Waals surface area contributed by atoms with Gasteiger partial charge in [0.05, 0.1) is 24.9 Å². The van der Waals surface area contributed by atoms with E-state index in [4.69, 9.17) is 21.1 Å². The highest BCUT2D eigenvalue weighted by Crippen LogP contribution is 2.38. The lowest BCUT2D eigenvalue weighted by molar-refractivity contribution is 0.399. The molecule has 1 heterocycles. The van der Waals surface area contributed by atoms with Crippen molar-refractivity contribution in [1.29, 1.82) is 0 Å². The van der Waals surface area contributed by atoms with Gasteiger partial charge in [-0.1, -0.05) is 11.6 Å². The maximum Gasteiger partial charge on any atom is 0.143 e. The van der Waals surface area contributed by atoms with E-state index < -0.39 is 0 Å². The maximum atomic E-state index is 6.11. The Morgan fingerprint density at radius 1 is 1.28 bits per heavy atom. The molecule has 0 saturated carbocycles. The molecule has 1 unspecified atom stereocenters. The fourth-order valence-corrected chi connectivity index (χ4v) is 2.47. The van der Waals surface area contributed by atoms with Crippen molar-refractivity contribution in [1.82, 2.24) is 5.32 Å². The molecule has 1 saturated heterocycles. The number of ether oxygens (including phenoxy) is 2. The second-order valence-electron chi connectivity index (χ2n) is 4.46. The molecule has 18 heavy (non-hydrogen) atoms. The van der Waals surface area contributed by atoms with Gasteiger partial charge in [0.15, 0.2) is 0 Å². The van der Waals surface area contributed by atoms with Crippen LogP contribution in [0.3, 0.4) is 0 Å². The Labute approximate surface area is 113 Å². The molecule has 0 bridgehead atoms. The van der Waals surface area contributed by atoms with Crippen LogP contribution in [0.5, 0.6) is 11.5 Å². The number of nitrogens with zero attached hydrogens (tertiary/aromatic N) is 1. The summed E-state index contributed by atoms with van der Waals surface area (Å²) in [5.41, 5.74) is 1.03. The first-order valence-electron chi connectivity index (χ1n) is 6.05. The van der Waals surface area contributed by atoms with Crippen LogP contribution in [0.15, 0.2) is 12.1 Å². The fraction of sp³-hybridized carbons (Fsp3) is 0.538. The second kappa shape index (κ2) is 5.67. The van der Waals surface area contributed by atoms with Crippen molar-refractivity contribution in [3.05, 3.63) is 17.2 Å². The highest BCUT2D eigenvalue weighted by Gasteiger charge is 2.20. The molecule has 1 aromatic rings. The minimum atomic E-state index is 0.463. The van der Waals surface area contributed by atoms with E-state index in [-0.39, 0.29) is 0 Å². The van der Waals surface area contributed by atoms with Crippen molar-refractivity contribution < 1.29 is 9.47 Å². The summed E-state index contributed by atoms with van der Waals surface area (Å²) in [6.45, 7) is 5.04. The van der Waals surface area contributed by atoms with E-state index in [1.165, 1.54) is 0 Å². The molecule has 1 atom stereocenters. The van der Waals surface area contributed by atoms with Gasteiger partial charge >= 0.3 is 0 Å². The molecule has 0 aliphatic carbocycles. The molecular formula is C13H19ClN2O2. The molecule has 5 heteroatoms. The zero-order chi connectivity index (χ0) is 13.1. The van der Waals surface area contributed by atoms with Crippen molar-refractivity contribution in [2.24, 2.45) is 0 Å². The Morgan fingerprint density at radius 3 is 2.61 bits per heavy atom. The Morgan fingerprint density at radius 2 is 2.00 bits per heavy atom. The molecule has 0 aromatic heterocycles. The molecule has 1 aliphatic heterocycles. The van der Waals surface area contributed by atoms with Crippen molar-refractivity contribution >= 4 is 17.3 Å². The summed E-state index contributed by atoms with van der Waals surface area (Å²) in [4.78, 5) is 2.29. The van der Waals surface area contributed by atoms with Gasteiger partial charge in [0.2, 0.25) is 0 Å². The van der Waals surface area contributed by atoms with E-state index in [9.17, 15) is 0 Å². The van der Waals surface area contributed by atoms with Crippen LogP contribution in [-0.4, -0.2) is 39.9 Å². The summed E-state index contributed by atoms with van der Waals surface area (Å²) in [7, 11) is 3.28. The van der Waals surface area contributed by atoms with Crippen molar-refractivity contribution in [2.75, 3.05) is 38.8 Å². The van der Waals surface area contributed by atoms with E-state index >= 15 is 0 Å². The maximum absolute atomic E-state index is 6.11. The highest BCUT2D eigenvalue weighted by atomic mass is 35.5. The summed E-state index contributed by atoms with van der Waals surface area (Å²) in [6.07, 6.45) is 0. The van der Waals surface area contributed by atoms with Crippen LogP contribution < -0.4 is 19.7 Å². The van der Waals surface area contributed by atoms with Gasteiger partial charge in [0.1, 0.15) is 11.5 Å². The summed E-state index contributed by atoms with van der Waals surface area (Å²) in [5, 5.41) is 3.99. The van der Waals surface area contributed by atoms with E-state index in [0.717, 1.165) is 31.1 Å². The van der Waals surface area contributed by atoms with Crippen molar-refractivity contribution in [3.8, 4) is 11.5 Å². The number of piperazine rings is 1. The SMILES string of the molecule is COc1cc(N2CCNC(C)C2)c(OC)cc1Cl. The normalized spacial score (nSPS) is 19.8. The molecule has 2 rings (SSSR count). The van der Waals surface area contributed by atoms with Gasteiger partial charge in [-0.3, -0.25) is 0 Å². The van der Waals surface area contributed by atoms with Gasteiger partial charge in [-0.05, 0) is 6.92 Å². The van der Waals surface area contributed by atoms with Gasteiger partial charge in [0.25, 0.3) is 0 Å². The predicted molar refractivity (Wildman–Crippen MR) is 74.2 cm³/mol. The minimum absolute atomic E-state index is 0.463. The second-order valence-corrected chi connectivity index (χ2v) is 4.87. The molecule has 0 spiro atoms. The topological polar surface area (TPSA) is 33.7 Å². The fourth-order valence-electron chi connectivity index (χ4n) is 2.24. The van der Waals surface area contributed by atoms with Crippen LogP contribution in [0.2, 0.25) is 5.02 Å². The molecule has 1 aromatic carbocycles. The molecular weight excluding hydrogens is 252 g/mol. The van der Waals surface area contributed by atoms with Gasteiger partial charge in [-0.25, -0.2) is 0 Å². The lowest BCUT2D eigenvalue weighted by Gasteiger charge is -2.34. The Bertz CT molecular complexity index is 426.